The number of carboxylic acids is 1. The average molecular weight is 637 g/mol. The van der Waals surface area contributed by atoms with Gasteiger partial charge in [0.25, 0.3) is 0 Å². The Bertz CT molecular complexity index is 1860. The van der Waals surface area contributed by atoms with Crippen LogP contribution < -0.4 is 4.72 Å². The number of imidazole rings is 1. The van der Waals surface area contributed by atoms with Crippen molar-refractivity contribution in [2.24, 2.45) is 0 Å². The second-order valence-electron chi connectivity index (χ2n) is 8.92. The third kappa shape index (κ3) is 4.60. The molecular weight excluding hydrogens is 617 g/mol. The van der Waals surface area contributed by atoms with Crippen molar-refractivity contribution in [1.82, 2.24) is 14.5 Å². The predicted octanol–water partition coefficient (Wildman–Crippen LogP) is 6.44. The molecule has 0 radical (unpaired) electrons. The maximum absolute atomic E-state index is 13.3. The summed E-state index contributed by atoms with van der Waals surface area (Å²) in [5.41, 5.74) is -2.00. The van der Waals surface area contributed by atoms with Crippen LogP contribution in [0.2, 0.25) is 0 Å². The molecule has 2 aliphatic rings. The number of nitrogens with zero attached hydrogens (tertiary/aromatic N) is 3. The van der Waals surface area contributed by atoms with Crippen LogP contribution in [0.15, 0.2) is 57.8 Å². The first kappa shape index (κ1) is 27.6. The number of hydrogen-bond donors (Lipinski definition) is 2. The molecule has 0 fully saturated rings. The summed E-state index contributed by atoms with van der Waals surface area (Å²) < 4.78 is 73.1. The summed E-state index contributed by atoms with van der Waals surface area (Å²) in [6, 6.07) is 8.87. The van der Waals surface area contributed by atoms with Crippen molar-refractivity contribution in [2.45, 2.75) is 32.3 Å². The van der Waals surface area contributed by atoms with Crippen molar-refractivity contribution in [3.05, 3.63) is 76.0 Å². The Morgan fingerprint density at radius 3 is 2.55 bits per heavy atom. The number of nitrogens with one attached hydrogen (secondary N) is 1. The Kier molecular flexibility index (Phi) is 6.86. The molecule has 0 spiro atoms. The van der Waals surface area contributed by atoms with E-state index >= 15 is 0 Å². The zero-order valence-corrected chi connectivity index (χ0v) is 23.3. The van der Waals surface area contributed by atoms with E-state index in [9.17, 15) is 31.5 Å². The SMILES string of the molecule is CCc1nc2c(C)cc(C(=O)O)nc2n1Cc1c2ccocc-2c(Br)c1-c1ccccc1NS(=O)(=O)C(F)(F)F. The minimum Gasteiger partial charge on any atom is -0.477 e. The van der Waals surface area contributed by atoms with Gasteiger partial charge in [0.2, 0.25) is 0 Å². The molecule has 2 N–H and O–H groups in total. The topological polar surface area (TPSA) is 127 Å². The van der Waals surface area contributed by atoms with Gasteiger partial charge in [-0.25, -0.2) is 14.8 Å². The highest BCUT2D eigenvalue weighted by atomic mass is 79.9. The van der Waals surface area contributed by atoms with E-state index in [0.29, 0.717) is 55.7 Å². The Morgan fingerprint density at radius 2 is 1.88 bits per heavy atom. The zero-order chi connectivity index (χ0) is 29.0. The number of aromatic carboxylic acids is 1. The van der Waals surface area contributed by atoms with Crippen LogP contribution in [0.25, 0.3) is 33.4 Å². The molecule has 1 aliphatic carbocycles. The van der Waals surface area contributed by atoms with Crippen LogP contribution in [-0.4, -0.2) is 39.5 Å². The molecule has 2 aromatic heterocycles. The quantitative estimate of drug-likeness (QED) is 0.210. The Hall–Kier alpha value is -3.91. The molecule has 14 heteroatoms. The first-order chi connectivity index (χ1) is 18.8. The third-order valence-electron chi connectivity index (χ3n) is 6.44. The molecule has 3 heterocycles. The number of pyridine rings is 1. The van der Waals surface area contributed by atoms with E-state index in [2.05, 4.69) is 25.9 Å². The predicted molar refractivity (Wildman–Crippen MR) is 145 cm³/mol. The van der Waals surface area contributed by atoms with Gasteiger partial charge in [0.15, 0.2) is 11.3 Å². The lowest BCUT2D eigenvalue weighted by Crippen LogP contribution is -2.30. The van der Waals surface area contributed by atoms with E-state index in [0.717, 1.165) is 0 Å². The molecule has 0 saturated heterocycles. The van der Waals surface area contributed by atoms with E-state index in [1.54, 1.807) is 28.3 Å². The summed E-state index contributed by atoms with van der Waals surface area (Å²) in [4.78, 5) is 20.7. The Labute approximate surface area is 234 Å². The van der Waals surface area contributed by atoms with Gasteiger partial charge in [-0.3, -0.25) is 4.72 Å². The van der Waals surface area contributed by atoms with Gasteiger partial charge >= 0.3 is 21.5 Å². The second-order valence-corrected chi connectivity index (χ2v) is 11.4. The van der Waals surface area contributed by atoms with Crippen LogP contribution in [0.4, 0.5) is 18.9 Å². The van der Waals surface area contributed by atoms with Gasteiger partial charge in [-0.05, 0) is 57.7 Å². The molecular formula is C26H20BrF3N4O5S. The van der Waals surface area contributed by atoms with Crippen molar-refractivity contribution < 1.29 is 35.9 Å². The minimum absolute atomic E-state index is 0.0942. The van der Waals surface area contributed by atoms with Crippen molar-refractivity contribution >= 4 is 48.8 Å². The van der Waals surface area contributed by atoms with Crippen LogP contribution in [0.3, 0.4) is 0 Å². The van der Waals surface area contributed by atoms with Crippen molar-refractivity contribution in [3.8, 4) is 22.3 Å². The Morgan fingerprint density at radius 1 is 1.15 bits per heavy atom. The number of sulfonamides is 1. The van der Waals surface area contributed by atoms with Crippen molar-refractivity contribution in [3.63, 3.8) is 0 Å². The van der Waals surface area contributed by atoms with Gasteiger partial charge in [-0.15, -0.1) is 0 Å². The molecule has 5 rings (SSSR count). The molecule has 1 aliphatic heterocycles. The van der Waals surface area contributed by atoms with Crippen molar-refractivity contribution in [1.29, 1.82) is 0 Å². The van der Waals surface area contributed by atoms with E-state index < -0.39 is 21.5 Å². The number of rotatable bonds is 7. The lowest BCUT2D eigenvalue weighted by molar-refractivity contribution is -0.0429. The number of para-hydroxylation sites is 1. The summed E-state index contributed by atoms with van der Waals surface area (Å²) in [7, 11) is -5.71. The number of hydrogen-bond acceptors (Lipinski definition) is 6. The first-order valence-electron chi connectivity index (χ1n) is 11.8. The maximum atomic E-state index is 13.3. The molecule has 1 aromatic carbocycles. The fourth-order valence-corrected chi connectivity index (χ4v) is 5.97. The van der Waals surface area contributed by atoms with Gasteiger partial charge < -0.3 is 14.1 Å². The molecule has 9 nitrogen and oxygen atoms in total. The molecule has 0 atom stereocenters. The molecule has 0 unspecified atom stereocenters. The normalized spacial score (nSPS) is 12.3. The minimum atomic E-state index is -5.71. The van der Waals surface area contributed by atoms with E-state index in [4.69, 9.17) is 4.42 Å². The number of benzene rings is 1. The van der Waals surface area contributed by atoms with Gasteiger partial charge in [0.05, 0.1) is 24.8 Å². The smallest absolute Gasteiger partial charge is 0.477 e. The highest BCUT2D eigenvalue weighted by molar-refractivity contribution is 9.10. The average Bonchev–Trinajstić information content (AvgIpc) is 3.39. The van der Waals surface area contributed by atoms with Crippen LogP contribution in [0, 0.1) is 6.92 Å². The first-order valence-corrected chi connectivity index (χ1v) is 14.1. The summed E-state index contributed by atoms with van der Waals surface area (Å²) in [6.07, 6.45) is 3.38. The van der Waals surface area contributed by atoms with Crippen molar-refractivity contribution in [2.75, 3.05) is 4.72 Å². The monoisotopic (exact) mass is 636 g/mol. The lowest BCUT2D eigenvalue weighted by Gasteiger charge is -2.16. The van der Waals surface area contributed by atoms with E-state index in [1.165, 1.54) is 36.8 Å². The number of aryl methyl sites for hydroxylation is 2. The summed E-state index contributed by atoms with van der Waals surface area (Å²) in [5.74, 6) is -0.596. The van der Waals surface area contributed by atoms with Crippen LogP contribution >= 0.6 is 15.9 Å². The van der Waals surface area contributed by atoms with Crippen LogP contribution in [0.1, 0.15) is 34.4 Å². The summed E-state index contributed by atoms with van der Waals surface area (Å²) in [5, 5.41) is 9.59. The highest BCUT2D eigenvalue weighted by Crippen LogP contribution is 2.48. The Balaban J connectivity index is 1.77. The van der Waals surface area contributed by atoms with Gasteiger partial charge in [0, 0.05) is 27.6 Å². The number of aromatic nitrogens is 3. The number of anilines is 1. The largest absolute Gasteiger partial charge is 0.516 e. The molecule has 40 heavy (non-hydrogen) atoms. The molecule has 208 valence electrons. The highest BCUT2D eigenvalue weighted by Gasteiger charge is 2.46. The van der Waals surface area contributed by atoms with Gasteiger partial charge in [-0.2, -0.15) is 21.6 Å². The third-order valence-corrected chi connectivity index (χ3v) is 8.36. The fourth-order valence-electron chi connectivity index (χ4n) is 4.63. The molecule has 0 saturated carbocycles. The standard InChI is InChI=1S/C26H20BrF3N4O5S/c1-3-20-32-23-13(2)10-19(25(35)36)31-24(23)34(20)11-16-14-8-9-39-12-17(14)22(27)21(16)15-6-4-5-7-18(15)33-40(37,38)26(28,29)30/h4-10,12,33H,3,11H2,1-2H3,(H,35,36). The summed E-state index contributed by atoms with van der Waals surface area (Å²) >= 11 is 3.55. The number of carbonyl (C=O) groups is 1. The number of carboxylic acid groups (broad SMARTS) is 1. The second kappa shape index (κ2) is 9.93. The molecule has 3 aromatic rings. The number of halogens is 4. The number of fused-ring (bicyclic) bond motifs is 2. The van der Waals surface area contributed by atoms with E-state index in [-0.39, 0.29) is 23.5 Å². The van der Waals surface area contributed by atoms with Gasteiger partial charge in [0.1, 0.15) is 11.3 Å². The number of alkyl halides is 3. The lowest BCUT2D eigenvalue weighted by atomic mass is 10.0. The molecule has 0 bridgehead atoms. The fraction of sp³-hybridized carbons (Fsp3) is 0.192. The van der Waals surface area contributed by atoms with Gasteiger partial charge in [-0.1, -0.05) is 25.1 Å². The zero-order valence-electron chi connectivity index (χ0n) is 20.9. The van der Waals surface area contributed by atoms with E-state index in [1.807, 2.05) is 6.92 Å². The maximum Gasteiger partial charge on any atom is 0.516 e. The van der Waals surface area contributed by atoms with Crippen LogP contribution in [-0.2, 0) is 23.0 Å². The molecule has 0 amide bonds. The summed E-state index contributed by atoms with van der Waals surface area (Å²) in [6.45, 7) is 3.71. The van der Waals surface area contributed by atoms with Crippen LogP contribution in [0.5, 0.6) is 0 Å².